The third-order valence-corrected chi connectivity index (χ3v) is 5.57. The molecule has 3 N–H and O–H groups in total. The lowest BCUT2D eigenvalue weighted by atomic mass is 10.0. The maximum atomic E-state index is 12.6. The Morgan fingerprint density at radius 3 is 1.98 bits per heavy atom. The van der Waals surface area contributed by atoms with Crippen LogP contribution in [0.4, 0.5) is 0 Å². The van der Waals surface area contributed by atoms with Crippen LogP contribution in [0.15, 0.2) is 60.7 Å². The number of hydrogen-bond donors (Lipinski definition) is 3. The number of benzene rings is 3. The van der Waals surface area contributed by atoms with Gasteiger partial charge in [0.15, 0.2) is 0 Å². The number of carbonyl (C=O) groups is 2. The van der Waals surface area contributed by atoms with Crippen LogP contribution in [0.2, 0.25) is 0 Å². The van der Waals surface area contributed by atoms with Crippen LogP contribution in [0.1, 0.15) is 73.7 Å². The predicted molar refractivity (Wildman–Crippen MR) is 162 cm³/mol. The quantitative estimate of drug-likeness (QED) is 0.254. The molecule has 0 fully saturated rings. The lowest BCUT2D eigenvalue weighted by molar-refractivity contribution is -0.108. The molecule has 0 aliphatic carbocycles. The van der Waals surface area contributed by atoms with E-state index in [1.807, 2.05) is 71.9 Å². The van der Waals surface area contributed by atoms with Gasteiger partial charge in [-0.05, 0) is 60.7 Å². The molecule has 0 saturated heterocycles. The molecule has 0 bridgehead atoms. The summed E-state index contributed by atoms with van der Waals surface area (Å²) in [6.45, 7) is 14.6. The fourth-order valence-corrected chi connectivity index (χ4v) is 3.65. The number of aryl methyl sites for hydroxylation is 3. The molecule has 0 heterocycles. The molecule has 0 unspecified atom stereocenters. The van der Waals surface area contributed by atoms with Crippen molar-refractivity contribution in [3.8, 4) is 17.2 Å². The topological polar surface area (TPSA) is 122 Å². The van der Waals surface area contributed by atoms with Crippen molar-refractivity contribution < 1.29 is 27.9 Å². The molecule has 3 rings (SSSR count). The van der Waals surface area contributed by atoms with Gasteiger partial charge >= 0.3 is 0 Å². The molecule has 0 atom stereocenters. The lowest BCUT2D eigenvalue weighted by Crippen LogP contribution is -2.22. The van der Waals surface area contributed by atoms with Crippen molar-refractivity contribution in [3.63, 3.8) is 0 Å². The first-order chi connectivity index (χ1) is 19.0. The summed E-state index contributed by atoms with van der Waals surface area (Å²) in [5, 5.41) is 13.0. The molecular formula is C31H44N2O6S. The average molecular weight is 573 g/mol. The van der Waals surface area contributed by atoms with Gasteiger partial charge in [-0.25, -0.2) is 8.42 Å². The Kier molecular flexibility index (Phi) is 17.4. The Hall–Kier alpha value is -3.85. The van der Waals surface area contributed by atoms with Crippen LogP contribution in [-0.2, 0) is 27.8 Å². The molecule has 0 aliphatic heterocycles. The van der Waals surface area contributed by atoms with E-state index >= 15 is 0 Å². The second-order valence-corrected chi connectivity index (χ2v) is 10.0. The summed E-state index contributed by atoms with van der Waals surface area (Å²) in [5.41, 5.74) is 4.58. The normalized spacial score (nSPS) is 9.80. The standard InChI is InChI=1S/C25H27NO3.C2H5NO3S.2C2H6/c1-4-8-20-13-17(2)24(18(3)14-20)29-21-11-12-23(27)22(15-21)25(28)26-16-19-9-6-5-7-10-19;1-7(5,6)3-2-4;2*1-2/h5-7,9-15,27H,4,8,16H2,1-3H3,(H,26,28);2H,1H3,(H,3,4);2*1-2H3. The minimum atomic E-state index is -3.29. The minimum Gasteiger partial charge on any atom is -0.507 e. The van der Waals surface area contributed by atoms with Gasteiger partial charge in [0.25, 0.3) is 5.91 Å². The summed E-state index contributed by atoms with van der Waals surface area (Å²) >= 11 is 0. The number of nitrogens with one attached hydrogen (secondary N) is 2. The van der Waals surface area contributed by atoms with Crippen molar-refractivity contribution in [3.05, 3.63) is 88.5 Å². The zero-order valence-electron chi connectivity index (χ0n) is 24.9. The first kappa shape index (κ1) is 36.1. The Morgan fingerprint density at radius 1 is 0.925 bits per heavy atom. The van der Waals surface area contributed by atoms with Gasteiger partial charge in [-0.1, -0.05) is 83.5 Å². The molecular weight excluding hydrogens is 528 g/mol. The van der Waals surface area contributed by atoms with Gasteiger partial charge in [0.1, 0.15) is 17.2 Å². The van der Waals surface area contributed by atoms with Gasteiger partial charge in [0.2, 0.25) is 16.4 Å². The van der Waals surface area contributed by atoms with Gasteiger partial charge in [-0.3, -0.25) is 14.3 Å². The predicted octanol–water partition coefficient (Wildman–Crippen LogP) is 6.43. The zero-order chi connectivity index (χ0) is 30.7. The van der Waals surface area contributed by atoms with Crippen LogP contribution >= 0.6 is 0 Å². The lowest BCUT2D eigenvalue weighted by Gasteiger charge is -2.15. The van der Waals surface area contributed by atoms with Crippen molar-refractivity contribution in [1.82, 2.24) is 10.0 Å². The van der Waals surface area contributed by atoms with E-state index in [-0.39, 0.29) is 23.6 Å². The summed E-state index contributed by atoms with van der Waals surface area (Å²) in [5.74, 6) is 0.881. The molecule has 8 nitrogen and oxygen atoms in total. The second-order valence-electron chi connectivity index (χ2n) is 8.27. The third-order valence-electron chi connectivity index (χ3n) is 5.05. The Labute approximate surface area is 239 Å². The van der Waals surface area contributed by atoms with Crippen molar-refractivity contribution >= 4 is 22.3 Å². The Bertz CT molecular complexity index is 1270. The van der Waals surface area contributed by atoms with Gasteiger partial charge in [-0.15, -0.1) is 0 Å². The summed E-state index contributed by atoms with van der Waals surface area (Å²) < 4.78 is 27.4. The Balaban J connectivity index is 0.00000119. The first-order valence-electron chi connectivity index (χ1n) is 13.4. The molecule has 0 aromatic heterocycles. The molecule has 0 aliphatic rings. The van der Waals surface area contributed by atoms with Crippen molar-refractivity contribution in [2.24, 2.45) is 0 Å². The highest BCUT2D eigenvalue weighted by molar-refractivity contribution is 7.89. The number of hydrogen-bond acceptors (Lipinski definition) is 6. The third kappa shape index (κ3) is 13.3. The highest BCUT2D eigenvalue weighted by Crippen LogP contribution is 2.32. The SMILES string of the molecule is CC.CC.CCCc1cc(C)c(Oc2ccc(O)c(C(=O)NCc3ccccc3)c2)c(C)c1.CS(=O)(=O)NC=O. The summed E-state index contributed by atoms with van der Waals surface area (Å²) in [6, 6.07) is 18.7. The average Bonchev–Trinajstić information content (AvgIpc) is 2.93. The van der Waals surface area contributed by atoms with Crippen LogP contribution in [0.5, 0.6) is 17.2 Å². The molecule has 3 aromatic carbocycles. The maximum Gasteiger partial charge on any atom is 0.255 e. The van der Waals surface area contributed by atoms with E-state index in [9.17, 15) is 23.1 Å². The highest BCUT2D eigenvalue weighted by atomic mass is 32.2. The van der Waals surface area contributed by atoms with Crippen LogP contribution in [0.3, 0.4) is 0 Å². The van der Waals surface area contributed by atoms with E-state index in [1.54, 1.807) is 16.9 Å². The molecule has 220 valence electrons. The number of rotatable bonds is 9. The van der Waals surface area contributed by atoms with Gasteiger partial charge in [-0.2, -0.15) is 0 Å². The van der Waals surface area contributed by atoms with E-state index in [4.69, 9.17) is 4.74 Å². The first-order valence-corrected chi connectivity index (χ1v) is 15.3. The number of phenolic OH excluding ortho intramolecular Hbond substituents is 1. The van der Waals surface area contributed by atoms with Gasteiger partial charge in [0.05, 0.1) is 11.8 Å². The smallest absolute Gasteiger partial charge is 0.255 e. The number of ether oxygens (including phenoxy) is 1. The number of amides is 2. The molecule has 0 saturated carbocycles. The monoisotopic (exact) mass is 572 g/mol. The molecule has 0 radical (unpaired) electrons. The maximum absolute atomic E-state index is 12.6. The van der Waals surface area contributed by atoms with Crippen molar-refractivity contribution in [1.29, 1.82) is 0 Å². The summed E-state index contributed by atoms with van der Waals surface area (Å²) in [7, 11) is -3.29. The van der Waals surface area contributed by atoms with Crippen molar-refractivity contribution in [2.45, 2.75) is 67.9 Å². The number of sulfonamides is 1. The molecule has 40 heavy (non-hydrogen) atoms. The second kappa shape index (κ2) is 19.2. The van der Waals surface area contributed by atoms with E-state index in [2.05, 4.69) is 24.4 Å². The van der Waals surface area contributed by atoms with Crippen LogP contribution < -0.4 is 14.8 Å². The van der Waals surface area contributed by atoms with E-state index in [0.717, 1.165) is 41.5 Å². The fraction of sp³-hybridized carbons (Fsp3) is 0.355. The van der Waals surface area contributed by atoms with Crippen LogP contribution in [0, 0.1) is 13.8 Å². The number of aromatic hydroxyl groups is 1. The number of carbonyl (C=O) groups excluding carboxylic acids is 2. The van der Waals surface area contributed by atoms with E-state index < -0.39 is 10.0 Å². The number of phenols is 1. The van der Waals surface area contributed by atoms with Crippen LogP contribution in [0.25, 0.3) is 0 Å². The Morgan fingerprint density at radius 2 is 1.50 bits per heavy atom. The molecule has 9 heteroatoms. The minimum absolute atomic E-state index is 0.0744. The summed E-state index contributed by atoms with van der Waals surface area (Å²) in [6.07, 6.45) is 3.15. The molecule has 2 amide bonds. The van der Waals surface area contributed by atoms with Crippen molar-refractivity contribution in [2.75, 3.05) is 6.26 Å². The highest BCUT2D eigenvalue weighted by Gasteiger charge is 2.14. The van der Waals surface area contributed by atoms with E-state index in [0.29, 0.717) is 12.3 Å². The van der Waals surface area contributed by atoms with Gasteiger partial charge < -0.3 is 15.2 Å². The van der Waals surface area contributed by atoms with Crippen LogP contribution in [-0.4, -0.2) is 32.1 Å². The fourth-order valence-electron chi connectivity index (χ4n) is 3.47. The molecule has 0 spiro atoms. The van der Waals surface area contributed by atoms with Gasteiger partial charge in [0, 0.05) is 6.54 Å². The summed E-state index contributed by atoms with van der Waals surface area (Å²) in [4.78, 5) is 21.9. The zero-order valence-corrected chi connectivity index (χ0v) is 25.7. The van der Waals surface area contributed by atoms with E-state index in [1.165, 1.54) is 11.6 Å². The molecule has 3 aromatic rings. The largest absolute Gasteiger partial charge is 0.507 e.